The van der Waals surface area contributed by atoms with E-state index in [1.54, 1.807) is 0 Å². The molecule has 0 fully saturated rings. The maximum atomic E-state index is 6.12. The second kappa shape index (κ2) is 4.88. The third-order valence-electron chi connectivity index (χ3n) is 3.62. The summed E-state index contributed by atoms with van der Waals surface area (Å²) >= 11 is 0. The highest BCUT2D eigenvalue weighted by Crippen LogP contribution is 2.30. The van der Waals surface area contributed by atoms with Gasteiger partial charge in [0.05, 0.1) is 0 Å². The van der Waals surface area contributed by atoms with Crippen LogP contribution in [0.1, 0.15) is 43.9 Å². The third-order valence-corrected chi connectivity index (χ3v) is 3.62. The van der Waals surface area contributed by atoms with Crippen molar-refractivity contribution in [3.05, 3.63) is 29.3 Å². The van der Waals surface area contributed by atoms with E-state index in [-0.39, 0.29) is 6.04 Å². The van der Waals surface area contributed by atoms with Crippen LogP contribution in [0.5, 0.6) is 0 Å². The Hall–Kier alpha value is -1.02. The molecule has 0 saturated heterocycles. The molecule has 0 heterocycles. The maximum Gasteiger partial charge on any atom is 0.0368 e. The van der Waals surface area contributed by atoms with Gasteiger partial charge in [-0.1, -0.05) is 6.07 Å². The Morgan fingerprint density at radius 3 is 2.75 bits per heavy atom. The molecule has 1 aromatic carbocycles. The van der Waals surface area contributed by atoms with Crippen LogP contribution < -0.4 is 10.6 Å². The first-order chi connectivity index (χ1) is 7.76. The molecular weight excluding hydrogens is 196 g/mol. The van der Waals surface area contributed by atoms with Gasteiger partial charge in [-0.3, -0.25) is 0 Å². The molecule has 2 nitrogen and oxygen atoms in total. The second-order valence-corrected chi connectivity index (χ2v) is 4.55. The summed E-state index contributed by atoms with van der Waals surface area (Å²) < 4.78 is 0. The summed E-state index contributed by atoms with van der Waals surface area (Å²) in [5.74, 6) is 0. The predicted octanol–water partition coefficient (Wildman–Crippen LogP) is 2.87. The van der Waals surface area contributed by atoms with Crippen molar-refractivity contribution in [1.29, 1.82) is 0 Å². The number of fused-ring (bicyclic) bond motifs is 1. The van der Waals surface area contributed by atoms with Crippen molar-refractivity contribution in [2.45, 2.75) is 39.2 Å². The molecule has 0 aromatic heterocycles. The Bertz CT molecular complexity index is 356. The minimum absolute atomic E-state index is 0.259. The minimum Gasteiger partial charge on any atom is -0.372 e. The van der Waals surface area contributed by atoms with Crippen molar-refractivity contribution in [3.63, 3.8) is 0 Å². The summed E-state index contributed by atoms with van der Waals surface area (Å²) in [6, 6.07) is 7.04. The van der Waals surface area contributed by atoms with Gasteiger partial charge in [0.2, 0.25) is 0 Å². The van der Waals surface area contributed by atoms with Gasteiger partial charge in [0.15, 0.2) is 0 Å². The van der Waals surface area contributed by atoms with Crippen LogP contribution in [0.4, 0.5) is 5.69 Å². The van der Waals surface area contributed by atoms with Crippen LogP contribution in [0.2, 0.25) is 0 Å². The summed E-state index contributed by atoms with van der Waals surface area (Å²) in [5, 5.41) is 0. The molecule has 0 spiro atoms. The van der Waals surface area contributed by atoms with Crippen LogP contribution in [0.25, 0.3) is 0 Å². The van der Waals surface area contributed by atoms with Gasteiger partial charge in [-0.2, -0.15) is 0 Å². The fraction of sp³-hybridized carbons (Fsp3) is 0.571. The van der Waals surface area contributed by atoms with Gasteiger partial charge < -0.3 is 10.6 Å². The van der Waals surface area contributed by atoms with E-state index in [0.717, 1.165) is 19.5 Å². The SMILES string of the molecule is CCN(CC)c1ccc2c(c1)CCCC2N. The van der Waals surface area contributed by atoms with E-state index in [4.69, 9.17) is 5.73 Å². The first kappa shape index (κ1) is 11.5. The lowest BCUT2D eigenvalue weighted by Crippen LogP contribution is -2.23. The molecule has 2 N–H and O–H groups in total. The Morgan fingerprint density at radius 2 is 2.06 bits per heavy atom. The molecule has 0 amide bonds. The van der Waals surface area contributed by atoms with E-state index in [1.165, 1.54) is 29.7 Å². The molecule has 0 saturated carbocycles. The van der Waals surface area contributed by atoms with E-state index in [0.29, 0.717) is 0 Å². The number of anilines is 1. The topological polar surface area (TPSA) is 29.3 Å². The Balaban J connectivity index is 2.31. The number of hydrogen-bond acceptors (Lipinski definition) is 2. The Kier molecular flexibility index (Phi) is 3.49. The lowest BCUT2D eigenvalue weighted by Gasteiger charge is -2.26. The van der Waals surface area contributed by atoms with Crippen molar-refractivity contribution < 1.29 is 0 Å². The van der Waals surface area contributed by atoms with Crippen LogP contribution in [0.15, 0.2) is 18.2 Å². The quantitative estimate of drug-likeness (QED) is 0.845. The van der Waals surface area contributed by atoms with Gasteiger partial charge in [0.1, 0.15) is 0 Å². The molecule has 1 aliphatic rings. The van der Waals surface area contributed by atoms with E-state index in [1.807, 2.05) is 0 Å². The molecule has 1 aromatic rings. The predicted molar refractivity (Wildman–Crippen MR) is 69.9 cm³/mol. The fourth-order valence-electron chi connectivity index (χ4n) is 2.62. The Morgan fingerprint density at radius 1 is 1.31 bits per heavy atom. The number of nitrogens with zero attached hydrogens (tertiary/aromatic N) is 1. The molecule has 0 bridgehead atoms. The number of nitrogens with two attached hydrogens (primary N) is 1. The Labute approximate surface area is 98.4 Å². The largest absolute Gasteiger partial charge is 0.372 e. The van der Waals surface area contributed by atoms with Crippen molar-refractivity contribution in [1.82, 2.24) is 0 Å². The summed E-state index contributed by atoms with van der Waals surface area (Å²) in [6.45, 7) is 6.55. The number of rotatable bonds is 3. The summed E-state index contributed by atoms with van der Waals surface area (Å²) in [6.07, 6.45) is 3.56. The van der Waals surface area contributed by atoms with Gasteiger partial charge in [0, 0.05) is 24.8 Å². The van der Waals surface area contributed by atoms with E-state index in [9.17, 15) is 0 Å². The molecule has 1 unspecified atom stereocenters. The van der Waals surface area contributed by atoms with Crippen LogP contribution in [0, 0.1) is 0 Å². The molecule has 1 atom stereocenters. The number of benzene rings is 1. The lowest BCUT2D eigenvalue weighted by molar-refractivity contribution is 0.570. The fourth-order valence-corrected chi connectivity index (χ4v) is 2.62. The summed E-state index contributed by atoms with van der Waals surface area (Å²) in [4.78, 5) is 2.39. The summed E-state index contributed by atoms with van der Waals surface area (Å²) in [5.41, 5.74) is 10.3. The lowest BCUT2D eigenvalue weighted by atomic mass is 9.88. The standard InChI is InChI=1S/C14H22N2/c1-3-16(4-2)12-8-9-13-11(10-12)6-5-7-14(13)15/h8-10,14H,3-7,15H2,1-2H3. The van der Waals surface area contributed by atoms with Crippen molar-refractivity contribution >= 4 is 5.69 Å². The molecule has 88 valence electrons. The monoisotopic (exact) mass is 218 g/mol. The van der Waals surface area contributed by atoms with Crippen molar-refractivity contribution in [3.8, 4) is 0 Å². The van der Waals surface area contributed by atoms with Crippen LogP contribution in [-0.4, -0.2) is 13.1 Å². The average Bonchev–Trinajstić information content (AvgIpc) is 2.31. The van der Waals surface area contributed by atoms with Crippen LogP contribution in [-0.2, 0) is 6.42 Å². The maximum absolute atomic E-state index is 6.12. The molecule has 0 radical (unpaired) electrons. The van der Waals surface area contributed by atoms with Gasteiger partial charge >= 0.3 is 0 Å². The molecular formula is C14H22N2. The second-order valence-electron chi connectivity index (χ2n) is 4.55. The molecule has 2 heteroatoms. The van der Waals surface area contributed by atoms with E-state index in [2.05, 4.69) is 36.9 Å². The van der Waals surface area contributed by atoms with E-state index < -0.39 is 0 Å². The first-order valence-electron chi connectivity index (χ1n) is 6.39. The zero-order valence-electron chi connectivity index (χ0n) is 10.4. The highest BCUT2D eigenvalue weighted by molar-refractivity contribution is 5.52. The third kappa shape index (κ3) is 2.07. The minimum atomic E-state index is 0.259. The van der Waals surface area contributed by atoms with Crippen LogP contribution >= 0.6 is 0 Å². The van der Waals surface area contributed by atoms with Gasteiger partial charge in [-0.05, 0) is 56.4 Å². The zero-order chi connectivity index (χ0) is 11.5. The smallest absolute Gasteiger partial charge is 0.0368 e. The van der Waals surface area contributed by atoms with Crippen molar-refractivity contribution in [2.24, 2.45) is 5.73 Å². The normalized spacial score (nSPS) is 19.3. The number of aryl methyl sites for hydroxylation is 1. The molecule has 2 rings (SSSR count). The first-order valence-corrected chi connectivity index (χ1v) is 6.39. The van der Waals surface area contributed by atoms with Crippen LogP contribution in [0.3, 0.4) is 0 Å². The molecule has 0 aliphatic heterocycles. The van der Waals surface area contributed by atoms with Gasteiger partial charge in [-0.25, -0.2) is 0 Å². The molecule has 1 aliphatic carbocycles. The van der Waals surface area contributed by atoms with Gasteiger partial charge in [-0.15, -0.1) is 0 Å². The summed E-state index contributed by atoms with van der Waals surface area (Å²) in [7, 11) is 0. The average molecular weight is 218 g/mol. The highest BCUT2D eigenvalue weighted by atomic mass is 15.1. The molecule has 16 heavy (non-hydrogen) atoms. The highest BCUT2D eigenvalue weighted by Gasteiger charge is 2.17. The number of hydrogen-bond donors (Lipinski definition) is 1. The van der Waals surface area contributed by atoms with Gasteiger partial charge in [0.25, 0.3) is 0 Å². The van der Waals surface area contributed by atoms with Crippen molar-refractivity contribution in [2.75, 3.05) is 18.0 Å². The zero-order valence-corrected chi connectivity index (χ0v) is 10.4. The van der Waals surface area contributed by atoms with E-state index >= 15 is 0 Å².